The van der Waals surface area contributed by atoms with Gasteiger partial charge in [0, 0.05) is 67.0 Å². The number of aromatic nitrogens is 2. The molecule has 0 radical (unpaired) electrons. The molecule has 12 aromatic carbocycles. The number of para-hydroxylation sites is 4. The zero-order valence-corrected chi connectivity index (χ0v) is 39.3. The fourth-order valence-corrected chi connectivity index (χ4v) is 11.1. The maximum atomic E-state index is 2.38. The van der Waals surface area contributed by atoms with E-state index in [0.29, 0.717) is 0 Å². The van der Waals surface area contributed by atoms with Crippen molar-refractivity contribution >= 4 is 99.3 Å². The van der Waals surface area contributed by atoms with E-state index in [-0.39, 0.29) is 0 Å². The van der Waals surface area contributed by atoms with Crippen molar-refractivity contribution in [3.05, 3.63) is 279 Å². The van der Waals surface area contributed by atoms with Crippen LogP contribution in [0.25, 0.3) is 87.7 Å². The van der Waals surface area contributed by atoms with E-state index in [0.717, 1.165) is 56.6 Å². The first-order chi connectivity index (χ1) is 35.7. The summed E-state index contributed by atoms with van der Waals surface area (Å²) in [5.41, 5.74) is 15.9. The molecule has 4 nitrogen and oxygen atoms in total. The van der Waals surface area contributed by atoms with Crippen molar-refractivity contribution in [2.24, 2.45) is 0 Å². The summed E-state index contributed by atoms with van der Waals surface area (Å²) in [6.07, 6.45) is 0. The molecule has 0 atom stereocenters. The molecule has 338 valence electrons. The third-order valence-electron chi connectivity index (χ3n) is 14.4. The van der Waals surface area contributed by atoms with Crippen LogP contribution in [0.1, 0.15) is 0 Å². The Labute approximate surface area is 417 Å². The second kappa shape index (κ2) is 17.1. The smallest absolute Gasteiger partial charge is 0.0541 e. The van der Waals surface area contributed by atoms with Gasteiger partial charge in [0.15, 0.2) is 0 Å². The molecular formula is C68H46N4. The molecule has 0 saturated carbocycles. The van der Waals surface area contributed by atoms with Gasteiger partial charge in [0.1, 0.15) is 0 Å². The fourth-order valence-electron chi connectivity index (χ4n) is 11.1. The normalized spacial score (nSPS) is 11.6. The van der Waals surface area contributed by atoms with Crippen molar-refractivity contribution in [2.45, 2.75) is 0 Å². The Morgan fingerprint density at radius 2 is 0.542 bits per heavy atom. The number of nitrogens with zero attached hydrogens (tertiary/aromatic N) is 4. The van der Waals surface area contributed by atoms with Gasteiger partial charge in [-0.3, -0.25) is 0 Å². The van der Waals surface area contributed by atoms with Crippen molar-refractivity contribution in [3.8, 4) is 22.5 Å². The molecule has 0 fully saturated rings. The summed E-state index contributed by atoms with van der Waals surface area (Å²) in [5, 5.41) is 9.86. The maximum absolute atomic E-state index is 2.38. The third kappa shape index (κ3) is 7.00. The van der Waals surface area contributed by atoms with Gasteiger partial charge in [-0.2, -0.15) is 0 Å². The molecular weight excluding hydrogens is 873 g/mol. The summed E-state index contributed by atoms with van der Waals surface area (Å²) < 4.78 is 4.75. The molecule has 0 unspecified atom stereocenters. The summed E-state index contributed by atoms with van der Waals surface area (Å²) in [6, 6.07) is 101. The predicted octanol–water partition coefficient (Wildman–Crippen LogP) is 18.8. The molecule has 0 spiro atoms. The second-order valence-corrected chi connectivity index (χ2v) is 18.6. The van der Waals surface area contributed by atoms with Crippen molar-refractivity contribution < 1.29 is 0 Å². The highest BCUT2D eigenvalue weighted by molar-refractivity contribution is 6.10. The lowest BCUT2D eigenvalue weighted by atomic mass is 10.0. The van der Waals surface area contributed by atoms with Crippen LogP contribution in [0, 0.1) is 0 Å². The molecule has 0 N–H and O–H groups in total. The average molecular weight is 919 g/mol. The maximum Gasteiger partial charge on any atom is 0.0541 e. The predicted molar refractivity (Wildman–Crippen MR) is 305 cm³/mol. The van der Waals surface area contributed by atoms with Crippen molar-refractivity contribution in [1.29, 1.82) is 0 Å². The SMILES string of the molecule is c1cc(-c2ccc(N(c3ccc(-n4c5ccccc5c5ccccc54)cc3)c3ccc4ccccc4c3)cc2)cc(N(c2ccc(-n3c4ccccc4c4ccccc43)cc2)c2ccc3ccccc3c2)c1. The van der Waals surface area contributed by atoms with Crippen LogP contribution >= 0.6 is 0 Å². The van der Waals surface area contributed by atoms with Gasteiger partial charge in [-0.1, -0.05) is 158 Å². The molecule has 0 bridgehead atoms. The Hall–Kier alpha value is -9.64. The van der Waals surface area contributed by atoms with E-state index >= 15 is 0 Å². The first-order valence-electron chi connectivity index (χ1n) is 24.7. The summed E-state index contributed by atoms with van der Waals surface area (Å²) in [4.78, 5) is 4.75. The molecule has 14 rings (SSSR count). The standard InChI is InChI=1S/C68H46N4/c1-3-16-50-45-59(34-30-47(50)14-1)69(54-36-40-56(41-37-54)71-65-24-9-5-20-61(65)62-21-6-10-25-66(62)71)53-32-28-49(29-33-53)52-18-13-19-58(44-52)70(60-35-31-48-15-2-4-17-51(48)46-60)55-38-42-57(43-39-55)72-67-26-11-7-22-63(67)64-23-8-12-27-68(64)72/h1-46H. The molecule has 0 aliphatic rings. The zero-order chi connectivity index (χ0) is 47.5. The summed E-state index contributed by atoms with van der Waals surface area (Å²) in [7, 11) is 0. The first-order valence-corrected chi connectivity index (χ1v) is 24.7. The third-order valence-corrected chi connectivity index (χ3v) is 14.4. The van der Waals surface area contributed by atoms with Gasteiger partial charge in [-0.05, 0) is 154 Å². The Bertz CT molecular complexity index is 4230. The lowest BCUT2D eigenvalue weighted by Crippen LogP contribution is -2.10. The van der Waals surface area contributed by atoms with E-state index in [1.165, 1.54) is 65.2 Å². The number of rotatable bonds is 9. The van der Waals surface area contributed by atoms with Gasteiger partial charge in [0.05, 0.1) is 22.1 Å². The molecule has 72 heavy (non-hydrogen) atoms. The van der Waals surface area contributed by atoms with E-state index in [2.05, 4.69) is 298 Å². The van der Waals surface area contributed by atoms with Gasteiger partial charge in [0.2, 0.25) is 0 Å². The zero-order valence-electron chi connectivity index (χ0n) is 39.3. The average Bonchev–Trinajstić information content (AvgIpc) is 3.97. The summed E-state index contributed by atoms with van der Waals surface area (Å²) >= 11 is 0. The Morgan fingerprint density at radius 1 is 0.208 bits per heavy atom. The minimum Gasteiger partial charge on any atom is -0.310 e. The molecule has 2 aromatic heterocycles. The van der Waals surface area contributed by atoms with Crippen LogP contribution in [-0.4, -0.2) is 9.13 Å². The van der Waals surface area contributed by atoms with E-state index < -0.39 is 0 Å². The minimum atomic E-state index is 1.08. The number of hydrogen-bond donors (Lipinski definition) is 0. The van der Waals surface area contributed by atoms with E-state index in [1.807, 2.05) is 0 Å². The van der Waals surface area contributed by atoms with Gasteiger partial charge in [-0.15, -0.1) is 0 Å². The van der Waals surface area contributed by atoms with Gasteiger partial charge < -0.3 is 18.9 Å². The topological polar surface area (TPSA) is 16.3 Å². The quantitative estimate of drug-likeness (QED) is 0.143. The highest BCUT2D eigenvalue weighted by atomic mass is 15.1. The number of fused-ring (bicyclic) bond motifs is 8. The summed E-state index contributed by atoms with van der Waals surface area (Å²) in [5.74, 6) is 0. The Balaban J connectivity index is 0.841. The lowest BCUT2D eigenvalue weighted by molar-refractivity contribution is 1.17. The van der Waals surface area contributed by atoms with Crippen molar-refractivity contribution in [3.63, 3.8) is 0 Å². The molecule has 0 amide bonds. The first kappa shape index (κ1) is 41.3. The van der Waals surface area contributed by atoms with E-state index in [1.54, 1.807) is 0 Å². The van der Waals surface area contributed by atoms with E-state index in [4.69, 9.17) is 0 Å². The number of benzene rings is 12. The van der Waals surface area contributed by atoms with E-state index in [9.17, 15) is 0 Å². The monoisotopic (exact) mass is 918 g/mol. The van der Waals surface area contributed by atoms with Crippen LogP contribution in [0.4, 0.5) is 34.1 Å². The van der Waals surface area contributed by atoms with Crippen LogP contribution in [0.3, 0.4) is 0 Å². The van der Waals surface area contributed by atoms with Gasteiger partial charge in [0.25, 0.3) is 0 Å². The molecule has 14 aromatic rings. The number of anilines is 6. The van der Waals surface area contributed by atoms with Crippen molar-refractivity contribution in [1.82, 2.24) is 9.13 Å². The van der Waals surface area contributed by atoms with Crippen LogP contribution in [-0.2, 0) is 0 Å². The largest absolute Gasteiger partial charge is 0.310 e. The van der Waals surface area contributed by atoms with Crippen molar-refractivity contribution in [2.75, 3.05) is 9.80 Å². The lowest BCUT2D eigenvalue weighted by Gasteiger charge is -2.27. The Kier molecular flexibility index (Phi) is 9.82. The highest BCUT2D eigenvalue weighted by Crippen LogP contribution is 2.42. The minimum absolute atomic E-state index is 1.08. The van der Waals surface area contributed by atoms with Crippen LogP contribution < -0.4 is 9.80 Å². The fraction of sp³-hybridized carbons (Fsp3) is 0. The molecule has 4 heteroatoms. The van der Waals surface area contributed by atoms with Gasteiger partial charge >= 0.3 is 0 Å². The second-order valence-electron chi connectivity index (χ2n) is 18.6. The number of hydrogen-bond acceptors (Lipinski definition) is 2. The van der Waals surface area contributed by atoms with Crippen LogP contribution in [0.15, 0.2) is 279 Å². The van der Waals surface area contributed by atoms with Crippen LogP contribution in [0.2, 0.25) is 0 Å². The van der Waals surface area contributed by atoms with Gasteiger partial charge in [-0.25, -0.2) is 0 Å². The molecule has 2 heterocycles. The molecule has 0 aliphatic carbocycles. The molecule has 0 saturated heterocycles. The Morgan fingerprint density at radius 3 is 0.972 bits per heavy atom. The molecule has 0 aliphatic heterocycles. The highest BCUT2D eigenvalue weighted by Gasteiger charge is 2.19. The van der Waals surface area contributed by atoms with Crippen LogP contribution in [0.5, 0.6) is 0 Å². The summed E-state index contributed by atoms with van der Waals surface area (Å²) in [6.45, 7) is 0.